The predicted molar refractivity (Wildman–Crippen MR) is 175 cm³/mol. The molecule has 1 heterocycles. The minimum absolute atomic E-state index is 0. The first kappa shape index (κ1) is 40.0. The largest absolute Gasteiger partial charge is 0.490 e. The number of carbonyl (C=O) groups is 2. The van der Waals surface area contributed by atoms with Gasteiger partial charge in [-0.3, -0.25) is 9.80 Å². The van der Waals surface area contributed by atoms with Crippen molar-refractivity contribution in [3.05, 3.63) is 84.1 Å². The van der Waals surface area contributed by atoms with E-state index in [2.05, 4.69) is 88.0 Å². The van der Waals surface area contributed by atoms with Gasteiger partial charge in [-0.25, -0.2) is 9.59 Å². The van der Waals surface area contributed by atoms with Crippen LogP contribution in [-0.2, 0) is 46.4 Å². The molecule has 9 nitrogen and oxygen atoms in total. The Kier molecular flexibility index (Phi) is 19.3. The molecule has 1 saturated heterocycles. The minimum Gasteiger partial charge on any atom is -0.490 e. The van der Waals surface area contributed by atoms with Gasteiger partial charge in [-0.05, 0) is 23.9 Å². The molecule has 0 N–H and O–H groups in total. The number of nitrogens with zero attached hydrogens (tertiary/aromatic N) is 2. The van der Waals surface area contributed by atoms with Gasteiger partial charge in [0.1, 0.15) is 0 Å². The van der Waals surface area contributed by atoms with Gasteiger partial charge in [0.05, 0.1) is 36.1 Å². The lowest BCUT2D eigenvalue weighted by atomic mass is 10.0. The van der Waals surface area contributed by atoms with Gasteiger partial charge < -0.3 is 23.7 Å². The highest BCUT2D eigenvalue weighted by Crippen LogP contribution is 2.27. The molecule has 0 aromatic heterocycles. The molecule has 43 heavy (non-hydrogen) atoms. The van der Waals surface area contributed by atoms with Gasteiger partial charge in [0, 0.05) is 46.8 Å². The van der Waals surface area contributed by atoms with Crippen LogP contribution in [0.1, 0.15) is 25.0 Å². The van der Waals surface area contributed by atoms with Gasteiger partial charge >= 0.3 is 11.9 Å². The van der Waals surface area contributed by atoms with E-state index in [1.54, 1.807) is 14.2 Å². The van der Waals surface area contributed by atoms with E-state index in [0.29, 0.717) is 13.0 Å². The van der Waals surface area contributed by atoms with Crippen LogP contribution in [0.5, 0.6) is 0 Å². The zero-order valence-electron chi connectivity index (χ0n) is 26.7. The number of likely N-dealkylation sites (tertiary alicyclic amines) is 1. The van der Waals surface area contributed by atoms with Crippen LogP contribution in [0.25, 0.3) is 0 Å². The van der Waals surface area contributed by atoms with Crippen molar-refractivity contribution in [3.8, 4) is 0 Å². The van der Waals surface area contributed by atoms with Crippen LogP contribution in [0.15, 0.2) is 73.0 Å². The lowest BCUT2D eigenvalue weighted by Crippen LogP contribution is -2.44. The Balaban J connectivity index is 0.000000652. The molecule has 1 atom stereocenters. The van der Waals surface area contributed by atoms with Gasteiger partial charge in [0.15, 0.2) is 11.4 Å². The van der Waals surface area contributed by atoms with Gasteiger partial charge in [-0.2, -0.15) is 0 Å². The second-order valence-corrected chi connectivity index (χ2v) is 16.6. The maximum atomic E-state index is 11.8. The molecule has 0 spiro atoms. The molecular weight excluding hydrogens is 564 g/mol. The molecule has 1 aliphatic rings. The first-order valence-electron chi connectivity index (χ1n) is 13.9. The number of hydrogen-bond acceptors (Lipinski definition) is 9. The molecule has 1 aliphatic heterocycles. The van der Waals surface area contributed by atoms with Gasteiger partial charge in [-0.15, -0.1) is 0 Å². The molecule has 1 fully saturated rings. The van der Waals surface area contributed by atoms with Gasteiger partial charge in [0.2, 0.25) is 0 Å². The van der Waals surface area contributed by atoms with E-state index in [1.807, 2.05) is 18.2 Å². The highest BCUT2D eigenvalue weighted by atomic mass is 28.3. The summed E-state index contributed by atoms with van der Waals surface area (Å²) in [6, 6.07) is 20.8. The number of esters is 2. The smallest absolute Gasteiger partial charge is 0.372 e. The molecule has 3 rings (SSSR count). The number of ether oxygens (including phenoxy) is 5. The third kappa shape index (κ3) is 15.3. The van der Waals surface area contributed by atoms with Crippen LogP contribution in [0.4, 0.5) is 0 Å². The monoisotopic (exact) mass is 618 g/mol. The molecular formula is C33H54N2O7Si. The van der Waals surface area contributed by atoms with Crippen LogP contribution in [0.3, 0.4) is 0 Å². The van der Waals surface area contributed by atoms with Crippen molar-refractivity contribution in [1.82, 2.24) is 9.80 Å². The van der Waals surface area contributed by atoms with E-state index >= 15 is 0 Å². The summed E-state index contributed by atoms with van der Waals surface area (Å²) < 4.78 is 24.2. The minimum atomic E-state index is -1.07. The molecule has 1 unspecified atom stereocenters. The summed E-state index contributed by atoms with van der Waals surface area (Å²) in [7, 11) is 6.31. The summed E-state index contributed by atoms with van der Waals surface area (Å²) in [4.78, 5) is 26.7. The Labute approximate surface area is 260 Å². The van der Waals surface area contributed by atoms with Crippen molar-refractivity contribution in [2.75, 3.05) is 61.5 Å². The highest BCUT2D eigenvalue weighted by molar-refractivity contribution is 6.76. The molecule has 10 heteroatoms. The number of hydrogen-bond donors (Lipinski definition) is 0. The van der Waals surface area contributed by atoms with Crippen molar-refractivity contribution in [2.45, 2.75) is 52.2 Å². The van der Waals surface area contributed by atoms with Gasteiger partial charge in [0.25, 0.3) is 0 Å². The van der Waals surface area contributed by atoms with Crippen LogP contribution in [-0.4, -0.2) is 97.0 Å². The average Bonchev–Trinajstić information content (AvgIpc) is 3.41. The van der Waals surface area contributed by atoms with Crippen molar-refractivity contribution in [2.24, 2.45) is 0 Å². The maximum Gasteiger partial charge on any atom is 0.372 e. The lowest BCUT2D eigenvalue weighted by Gasteiger charge is -2.28. The molecule has 2 aromatic carbocycles. The molecule has 0 saturated carbocycles. The Morgan fingerprint density at radius 3 is 1.86 bits per heavy atom. The summed E-state index contributed by atoms with van der Waals surface area (Å²) in [5, 5.41) is 0. The maximum absolute atomic E-state index is 11.8. The molecule has 0 aliphatic carbocycles. The summed E-state index contributed by atoms with van der Waals surface area (Å²) in [6.45, 7) is 14.4. The van der Waals surface area contributed by atoms with E-state index in [1.165, 1.54) is 38.6 Å². The fourth-order valence-electron chi connectivity index (χ4n) is 4.48. The second-order valence-electron chi connectivity index (χ2n) is 11.2. The lowest BCUT2D eigenvalue weighted by molar-refractivity contribution is -0.164. The third-order valence-corrected chi connectivity index (χ3v) is 7.82. The van der Waals surface area contributed by atoms with Crippen LogP contribution in [0, 0.1) is 0 Å². The zero-order chi connectivity index (χ0) is 31.6. The second kappa shape index (κ2) is 20.8. The van der Waals surface area contributed by atoms with Crippen molar-refractivity contribution < 1.29 is 33.3 Å². The van der Waals surface area contributed by atoms with Crippen LogP contribution in [0.2, 0.25) is 19.6 Å². The number of methoxy groups -OCH3 is 5. The number of rotatable bonds is 12. The van der Waals surface area contributed by atoms with Crippen LogP contribution < -0.4 is 0 Å². The summed E-state index contributed by atoms with van der Waals surface area (Å²) in [5.74, 6) is -0.791. The number of benzene rings is 2. The average molecular weight is 619 g/mol. The first-order valence-corrected chi connectivity index (χ1v) is 17.6. The SMILES string of the molecule is C.C=C(OC)C(=O)OC.COC(=O)C1(OC)CCN(Cc2ccccc2)C1.COCN(Cc1ccccc1)C[Si](C)(C)C. The van der Waals surface area contributed by atoms with Crippen molar-refractivity contribution in [3.63, 3.8) is 0 Å². The van der Waals surface area contributed by atoms with Crippen LogP contribution >= 0.6 is 0 Å². The standard InChI is InChI=1S/C14H19NO3.C13H23NOSi.C5H8O3.CH4/c1-17-13(16)14(18-2)8-9-15(11-14)10-12-6-4-3-5-7-12;1-15-11-14(12-16(2,3)4)10-13-8-6-5-7-9-13;1-4(7-2)5(6)8-3;/h3-7H,8-11H2,1-2H3;5-9H,10-12H2,1-4H3;1H2,2-3H3;1H4. The Morgan fingerprint density at radius 2 is 1.44 bits per heavy atom. The topological polar surface area (TPSA) is 86.8 Å². The van der Waals surface area contributed by atoms with Crippen molar-refractivity contribution >= 4 is 20.0 Å². The van der Waals surface area contributed by atoms with E-state index in [-0.39, 0.29) is 19.2 Å². The molecule has 0 bridgehead atoms. The number of carbonyl (C=O) groups excluding carboxylic acids is 2. The third-order valence-electron chi connectivity index (χ3n) is 6.43. The predicted octanol–water partition coefficient (Wildman–Crippen LogP) is 5.38. The Morgan fingerprint density at radius 1 is 0.884 bits per heavy atom. The summed E-state index contributed by atoms with van der Waals surface area (Å²) in [6.07, 6.45) is 1.86. The zero-order valence-corrected chi connectivity index (χ0v) is 27.7. The van der Waals surface area contributed by atoms with Crippen molar-refractivity contribution in [1.29, 1.82) is 0 Å². The molecule has 2 aromatic rings. The summed E-state index contributed by atoms with van der Waals surface area (Å²) >= 11 is 0. The fourth-order valence-corrected chi connectivity index (χ4v) is 6.02. The fraction of sp³-hybridized carbons (Fsp3) is 0.515. The quantitative estimate of drug-likeness (QED) is 0.102. The Hall–Kier alpha value is -3.02. The molecule has 0 amide bonds. The molecule has 0 radical (unpaired) electrons. The van der Waals surface area contributed by atoms with E-state index in [4.69, 9.17) is 14.2 Å². The normalized spacial score (nSPS) is 16.0. The van der Waals surface area contributed by atoms with E-state index < -0.39 is 19.6 Å². The molecule has 242 valence electrons. The summed E-state index contributed by atoms with van der Waals surface area (Å²) in [5.41, 5.74) is 1.82. The Bertz CT molecular complexity index is 1050. The highest BCUT2D eigenvalue weighted by Gasteiger charge is 2.46. The first-order chi connectivity index (χ1) is 19.9. The van der Waals surface area contributed by atoms with Gasteiger partial charge in [-0.1, -0.05) is 87.7 Å². The van der Waals surface area contributed by atoms with E-state index in [0.717, 1.165) is 26.4 Å². The van der Waals surface area contributed by atoms with E-state index in [9.17, 15) is 9.59 Å².